The molecule has 2 fully saturated rings. The number of hydrogen-bond acceptors (Lipinski definition) is 5. The number of hydrogen-bond donors (Lipinski definition) is 2. The van der Waals surface area contributed by atoms with Crippen LogP contribution in [-0.2, 0) is 9.53 Å². The summed E-state index contributed by atoms with van der Waals surface area (Å²) < 4.78 is 8.08. The van der Waals surface area contributed by atoms with Gasteiger partial charge < -0.3 is 10.1 Å². The molecule has 1 saturated heterocycles. The minimum absolute atomic E-state index is 0.00661. The maximum atomic E-state index is 12.9. The molecular formula is C17H22N4O2S2. The van der Waals surface area contributed by atoms with E-state index in [4.69, 9.17) is 17.0 Å². The van der Waals surface area contributed by atoms with Crippen molar-refractivity contribution in [2.45, 2.75) is 50.8 Å². The number of rotatable bonds is 4. The summed E-state index contributed by atoms with van der Waals surface area (Å²) in [7, 11) is 0. The average molecular weight is 379 g/mol. The number of aromatic nitrogens is 3. The highest BCUT2D eigenvalue weighted by molar-refractivity contribution is 7.71. The van der Waals surface area contributed by atoms with Gasteiger partial charge in [-0.3, -0.25) is 14.5 Å². The molecule has 1 amide bonds. The zero-order chi connectivity index (χ0) is 17.4. The molecule has 4 rings (SSSR count). The van der Waals surface area contributed by atoms with Gasteiger partial charge in [0.15, 0.2) is 10.6 Å². The number of carbonyl (C=O) groups excluding carboxylic acids is 1. The summed E-state index contributed by atoms with van der Waals surface area (Å²) in [4.78, 5) is 13.9. The van der Waals surface area contributed by atoms with Crippen LogP contribution >= 0.6 is 23.6 Å². The Bertz CT molecular complexity index is 798. The topological polar surface area (TPSA) is 71.9 Å². The standard InChI is InChI=1S/C17H22N4O2S2/c1-10(21-15(19-20-17(21)24)14-6-3-9-25-14)16(22)18-12-4-2-5-13-11(12)7-8-23-13/h3,6,9-13H,2,4-5,7-8H2,1H3,(H,18,22)(H,20,24)/t10-,11+,12-,13-/m1/s1. The van der Waals surface area contributed by atoms with Crippen molar-refractivity contribution in [3.8, 4) is 10.7 Å². The number of carbonyl (C=O) groups is 1. The van der Waals surface area contributed by atoms with Crippen LogP contribution in [0.4, 0.5) is 0 Å². The molecule has 8 heteroatoms. The van der Waals surface area contributed by atoms with E-state index in [0.29, 0.717) is 22.6 Å². The first-order valence-electron chi connectivity index (χ1n) is 8.78. The van der Waals surface area contributed by atoms with Crippen LogP contribution in [-0.4, -0.2) is 39.4 Å². The molecule has 4 atom stereocenters. The van der Waals surface area contributed by atoms with E-state index in [2.05, 4.69) is 15.5 Å². The maximum Gasteiger partial charge on any atom is 0.243 e. The van der Waals surface area contributed by atoms with Crippen molar-refractivity contribution in [1.29, 1.82) is 0 Å². The Hall–Kier alpha value is -1.51. The zero-order valence-corrected chi connectivity index (χ0v) is 15.7. The van der Waals surface area contributed by atoms with E-state index in [1.54, 1.807) is 11.3 Å². The average Bonchev–Trinajstić information content (AvgIpc) is 3.34. The Balaban J connectivity index is 1.53. The molecule has 0 aromatic carbocycles. The van der Waals surface area contributed by atoms with Gasteiger partial charge in [-0.05, 0) is 56.3 Å². The molecule has 1 aliphatic heterocycles. The summed E-state index contributed by atoms with van der Waals surface area (Å²) in [6.07, 6.45) is 4.59. The molecule has 0 unspecified atom stereocenters. The van der Waals surface area contributed by atoms with E-state index in [0.717, 1.165) is 37.2 Å². The second-order valence-corrected chi connectivity index (χ2v) is 8.12. The molecule has 2 aliphatic rings. The summed E-state index contributed by atoms with van der Waals surface area (Å²) in [6.45, 7) is 2.69. The van der Waals surface area contributed by atoms with Gasteiger partial charge in [-0.15, -0.1) is 11.3 Å². The molecule has 0 spiro atoms. The molecule has 2 aromatic heterocycles. The molecule has 2 N–H and O–H groups in total. The van der Waals surface area contributed by atoms with Gasteiger partial charge >= 0.3 is 0 Å². The highest BCUT2D eigenvalue weighted by Crippen LogP contribution is 2.34. The minimum atomic E-state index is -0.411. The number of aromatic amines is 1. The minimum Gasteiger partial charge on any atom is -0.378 e. The zero-order valence-electron chi connectivity index (χ0n) is 14.1. The molecule has 1 aliphatic carbocycles. The lowest BCUT2D eigenvalue weighted by Gasteiger charge is -2.34. The van der Waals surface area contributed by atoms with Gasteiger partial charge in [0.1, 0.15) is 6.04 Å². The van der Waals surface area contributed by atoms with Crippen molar-refractivity contribution in [2.24, 2.45) is 5.92 Å². The molecule has 0 bridgehead atoms. The smallest absolute Gasteiger partial charge is 0.243 e. The third-order valence-corrected chi connectivity index (χ3v) is 6.48. The van der Waals surface area contributed by atoms with E-state index in [9.17, 15) is 4.79 Å². The van der Waals surface area contributed by atoms with Gasteiger partial charge in [-0.2, -0.15) is 5.10 Å². The summed E-state index contributed by atoms with van der Waals surface area (Å²) in [5.41, 5.74) is 0. The quantitative estimate of drug-likeness (QED) is 0.801. The van der Waals surface area contributed by atoms with Crippen molar-refractivity contribution in [2.75, 3.05) is 6.61 Å². The molecule has 2 aromatic rings. The number of nitrogens with zero attached hydrogens (tertiary/aromatic N) is 2. The summed E-state index contributed by atoms with van der Waals surface area (Å²) in [5, 5.41) is 12.4. The first-order valence-corrected chi connectivity index (χ1v) is 10.1. The van der Waals surface area contributed by atoms with Crippen LogP contribution in [0, 0.1) is 10.7 Å². The van der Waals surface area contributed by atoms with Gasteiger partial charge in [0, 0.05) is 18.6 Å². The van der Waals surface area contributed by atoms with Crippen LogP contribution in [0.3, 0.4) is 0 Å². The Kier molecular flexibility index (Phi) is 4.75. The van der Waals surface area contributed by atoms with Crippen molar-refractivity contribution in [3.63, 3.8) is 0 Å². The van der Waals surface area contributed by atoms with E-state index >= 15 is 0 Å². The molecule has 6 nitrogen and oxygen atoms in total. The predicted molar refractivity (Wildman–Crippen MR) is 99.1 cm³/mol. The van der Waals surface area contributed by atoms with Crippen molar-refractivity contribution in [1.82, 2.24) is 20.1 Å². The number of H-pyrrole nitrogens is 1. The Morgan fingerprint density at radius 3 is 3.20 bits per heavy atom. The monoisotopic (exact) mass is 378 g/mol. The lowest BCUT2D eigenvalue weighted by atomic mass is 9.81. The third kappa shape index (κ3) is 3.18. The maximum absolute atomic E-state index is 12.9. The molecule has 25 heavy (non-hydrogen) atoms. The van der Waals surface area contributed by atoms with E-state index in [1.165, 1.54) is 0 Å². The summed E-state index contributed by atoms with van der Waals surface area (Å²) >= 11 is 6.95. The second-order valence-electron chi connectivity index (χ2n) is 6.78. The van der Waals surface area contributed by atoms with Gasteiger partial charge in [-0.25, -0.2) is 0 Å². The Morgan fingerprint density at radius 1 is 1.52 bits per heavy atom. The van der Waals surface area contributed by atoms with Crippen LogP contribution < -0.4 is 5.32 Å². The Morgan fingerprint density at radius 2 is 2.40 bits per heavy atom. The van der Waals surface area contributed by atoms with E-state index < -0.39 is 6.04 Å². The second kappa shape index (κ2) is 7.01. The Labute approximate surface area is 155 Å². The number of nitrogens with one attached hydrogen (secondary N) is 2. The first kappa shape index (κ1) is 16.9. The molecule has 0 radical (unpaired) electrons. The molecule has 3 heterocycles. The van der Waals surface area contributed by atoms with Gasteiger partial charge in [-0.1, -0.05) is 6.07 Å². The SMILES string of the molecule is C[C@H](C(=O)N[C@@H]1CCC[C@H]2OCC[C@@H]12)n1c(-c2cccs2)n[nH]c1=S. The fourth-order valence-electron chi connectivity index (χ4n) is 4.02. The molecular weight excluding hydrogens is 356 g/mol. The van der Waals surface area contributed by atoms with Crippen molar-refractivity contribution >= 4 is 29.5 Å². The van der Waals surface area contributed by atoms with Crippen LogP contribution in [0.1, 0.15) is 38.6 Å². The number of thiophene rings is 1. The first-order chi connectivity index (χ1) is 12.1. The molecule has 1 saturated carbocycles. The predicted octanol–water partition coefficient (Wildman–Crippen LogP) is 3.30. The fraction of sp³-hybridized carbons (Fsp3) is 0.588. The normalized spacial score (nSPS) is 27.0. The largest absolute Gasteiger partial charge is 0.378 e. The highest BCUT2D eigenvalue weighted by Gasteiger charge is 2.39. The van der Waals surface area contributed by atoms with Gasteiger partial charge in [0.05, 0.1) is 11.0 Å². The van der Waals surface area contributed by atoms with Crippen LogP contribution in [0.2, 0.25) is 0 Å². The van der Waals surface area contributed by atoms with E-state index in [-0.39, 0.29) is 11.9 Å². The van der Waals surface area contributed by atoms with Gasteiger partial charge in [0.25, 0.3) is 0 Å². The van der Waals surface area contributed by atoms with Crippen molar-refractivity contribution in [3.05, 3.63) is 22.3 Å². The summed E-state index contributed by atoms with van der Waals surface area (Å²) in [6, 6.07) is 3.74. The van der Waals surface area contributed by atoms with E-state index in [1.807, 2.05) is 29.0 Å². The van der Waals surface area contributed by atoms with Gasteiger partial charge in [0.2, 0.25) is 5.91 Å². The number of amides is 1. The lowest BCUT2D eigenvalue weighted by molar-refractivity contribution is -0.125. The van der Waals surface area contributed by atoms with Crippen LogP contribution in [0.15, 0.2) is 17.5 Å². The highest BCUT2D eigenvalue weighted by atomic mass is 32.1. The number of fused-ring (bicyclic) bond motifs is 1. The lowest BCUT2D eigenvalue weighted by Crippen LogP contribution is -2.47. The summed E-state index contributed by atoms with van der Waals surface area (Å²) in [5.74, 6) is 1.15. The fourth-order valence-corrected chi connectivity index (χ4v) is 5.02. The van der Waals surface area contributed by atoms with Crippen LogP contribution in [0.25, 0.3) is 10.7 Å². The van der Waals surface area contributed by atoms with Crippen LogP contribution in [0.5, 0.6) is 0 Å². The number of ether oxygens (including phenoxy) is 1. The third-order valence-electron chi connectivity index (χ3n) is 5.32. The molecule has 134 valence electrons. The van der Waals surface area contributed by atoms with Crippen molar-refractivity contribution < 1.29 is 9.53 Å².